The van der Waals surface area contributed by atoms with E-state index < -0.39 is 9.76 Å². The third-order valence-corrected chi connectivity index (χ3v) is 3.94. The van der Waals surface area contributed by atoms with Crippen LogP contribution in [0.15, 0.2) is 12.2 Å². The molecule has 2 nitrogen and oxygen atoms in total. The molecule has 0 bridgehead atoms. The summed E-state index contributed by atoms with van der Waals surface area (Å²) in [5, 5.41) is 0.223. The molecule has 0 rings (SSSR count). The zero-order valence-corrected chi connectivity index (χ0v) is 12.0. The number of rotatable bonds is 7. The second-order valence-electron chi connectivity index (χ2n) is 4.98. The number of hydrogen-bond acceptors (Lipinski definition) is 2. The van der Waals surface area contributed by atoms with Gasteiger partial charge in [-0.05, 0) is 18.4 Å². The van der Waals surface area contributed by atoms with Crippen LogP contribution in [0.2, 0.25) is 5.04 Å². The summed E-state index contributed by atoms with van der Waals surface area (Å²) in [7, 11) is -0.789. The summed E-state index contributed by atoms with van der Waals surface area (Å²) in [6.45, 7) is 11.9. The van der Waals surface area contributed by atoms with E-state index in [4.69, 9.17) is 4.43 Å². The van der Waals surface area contributed by atoms with E-state index in [0.717, 1.165) is 6.42 Å². The first-order valence-corrected chi connectivity index (χ1v) is 7.00. The van der Waals surface area contributed by atoms with Crippen LogP contribution in [0.5, 0.6) is 0 Å². The van der Waals surface area contributed by atoms with Gasteiger partial charge in [0.25, 0.3) is 0 Å². The summed E-state index contributed by atoms with van der Waals surface area (Å²) >= 11 is 0. The molecule has 0 amide bonds. The lowest BCUT2D eigenvalue weighted by atomic mass is 10.0. The highest BCUT2D eigenvalue weighted by atomic mass is 28.2. The molecule has 0 aromatic carbocycles. The molecule has 0 radical (unpaired) electrons. The average Bonchev–Trinajstić information content (AvgIpc) is 2.14. The Morgan fingerprint density at radius 2 is 2.00 bits per heavy atom. The van der Waals surface area contributed by atoms with Gasteiger partial charge in [0.1, 0.15) is 0 Å². The number of unbranched alkanes of at least 4 members (excludes halogenated alkanes) is 2. The van der Waals surface area contributed by atoms with Crippen LogP contribution < -0.4 is 0 Å². The Hall–Kier alpha value is -0.573. The van der Waals surface area contributed by atoms with Crippen molar-refractivity contribution in [3.8, 4) is 0 Å². The van der Waals surface area contributed by atoms with Crippen LogP contribution in [0.25, 0.3) is 0 Å². The molecule has 15 heavy (non-hydrogen) atoms. The number of carbonyl (C=O) groups is 1. The van der Waals surface area contributed by atoms with Gasteiger partial charge in [-0.3, -0.25) is 0 Å². The minimum atomic E-state index is -0.789. The van der Waals surface area contributed by atoms with Crippen molar-refractivity contribution in [2.24, 2.45) is 0 Å². The molecule has 88 valence electrons. The lowest BCUT2D eigenvalue weighted by Gasteiger charge is -2.23. The van der Waals surface area contributed by atoms with Crippen molar-refractivity contribution in [3.63, 3.8) is 0 Å². The zero-order chi connectivity index (χ0) is 11.9. The highest BCUT2D eigenvalue weighted by molar-refractivity contribution is 6.35. The third kappa shape index (κ3) is 7.37. The standard InChI is InChI=1S/C12H24O2Si/c1-6-7-8-9-12(4,5)15-14-11(13)10(2)3/h2,6-9,15H2,1,3-5H3. The molecule has 0 saturated carbocycles. The molecule has 0 unspecified atom stereocenters. The molecule has 0 aromatic rings. The van der Waals surface area contributed by atoms with Gasteiger partial charge in [-0.1, -0.05) is 46.6 Å². The first kappa shape index (κ1) is 14.4. The van der Waals surface area contributed by atoms with Crippen molar-refractivity contribution >= 4 is 15.7 Å². The van der Waals surface area contributed by atoms with Crippen molar-refractivity contribution in [1.29, 1.82) is 0 Å². The first-order valence-electron chi connectivity index (χ1n) is 5.71. The van der Waals surface area contributed by atoms with E-state index in [9.17, 15) is 4.79 Å². The molecule has 0 aliphatic carbocycles. The first-order chi connectivity index (χ1) is 6.89. The molecular weight excluding hydrogens is 204 g/mol. The Labute approximate surface area is 96.0 Å². The van der Waals surface area contributed by atoms with Crippen molar-refractivity contribution < 1.29 is 9.22 Å². The Bertz CT molecular complexity index is 222. The summed E-state index contributed by atoms with van der Waals surface area (Å²) < 4.78 is 5.30. The maximum Gasteiger partial charge on any atom is 0.319 e. The maximum absolute atomic E-state index is 11.2. The Balaban J connectivity index is 3.82. The van der Waals surface area contributed by atoms with E-state index in [1.165, 1.54) is 19.3 Å². The largest absolute Gasteiger partial charge is 0.521 e. The van der Waals surface area contributed by atoms with Gasteiger partial charge >= 0.3 is 5.97 Å². The highest BCUT2D eigenvalue weighted by Gasteiger charge is 2.21. The van der Waals surface area contributed by atoms with Gasteiger partial charge in [-0.15, -0.1) is 0 Å². The van der Waals surface area contributed by atoms with Gasteiger partial charge in [0.05, 0.1) is 0 Å². The summed E-state index contributed by atoms with van der Waals surface area (Å²) in [5.41, 5.74) is 0.506. The Morgan fingerprint density at radius 3 is 2.47 bits per heavy atom. The quantitative estimate of drug-likeness (QED) is 0.380. The Morgan fingerprint density at radius 1 is 1.40 bits per heavy atom. The van der Waals surface area contributed by atoms with Crippen molar-refractivity contribution in [2.45, 2.75) is 58.4 Å². The van der Waals surface area contributed by atoms with Crippen LogP contribution in [-0.4, -0.2) is 15.7 Å². The van der Waals surface area contributed by atoms with E-state index in [1.807, 2.05) is 0 Å². The fraction of sp³-hybridized carbons (Fsp3) is 0.750. The van der Waals surface area contributed by atoms with E-state index >= 15 is 0 Å². The number of carbonyl (C=O) groups excluding carboxylic acids is 1. The van der Waals surface area contributed by atoms with E-state index in [1.54, 1.807) is 6.92 Å². The van der Waals surface area contributed by atoms with Crippen LogP contribution in [0.1, 0.15) is 53.4 Å². The normalized spacial score (nSPS) is 12.0. The van der Waals surface area contributed by atoms with E-state index in [0.29, 0.717) is 5.57 Å². The van der Waals surface area contributed by atoms with E-state index in [2.05, 4.69) is 27.4 Å². The van der Waals surface area contributed by atoms with Gasteiger partial charge in [0.15, 0.2) is 0 Å². The van der Waals surface area contributed by atoms with Gasteiger partial charge in [0, 0.05) is 5.57 Å². The van der Waals surface area contributed by atoms with Gasteiger partial charge in [-0.25, -0.2) is 4.79 Å². The molecule has 0 heterocycles. The topological polar surface area (TPSA) is 26.3 Å². The summed E-state index contributed by atoms with van der Waals surface area (Å²) in [5.74, 6) is -0.217. The Kier molecular flexibility index (Phi) is 6.57. The van der Waals surface area contributed by atoms with Gasteiger partial charge in [0.2, 0.25) is 9.76 Å². The van der Waals surface area contributed by atoms with Crippen molar-refractivity contribution in [3.05, 3.63) is 12.2 Å². The van der Waals surface area contributed by atoms with Crippen LogP contribution in [0, 0.1) is 0 Å². The molecule has 0 aromatic heterocycles. The molecule has 0 spiro atoms. The maximum atomic E-state index is 11.2. The predicted octanol–water partition coefficient (Wildman–Crippen LogP) is 2.97. The second kappa shape index (κ2) is 6.83. The summed E-state index contributed by atoms with van der Waals surface area (Å²) in [6.07, 6.45) is 4.91. The van der Waals surface area contributed by atoms with Crippen LogP contribution in [-0.2, 0) is 9.22 Å². The zero-order valence-electron chi connectivity index (χ0n) is 10.6. The predicted molar refractivity (Wildman–Crippen MR) is 67.6 cm³/mol. The molecule has 0 fully saturated rings. The molecular formula is C12H24O2Si. The number of hydrogen-bond donors (Lipinski definition) is 0. The van der Waals surface area contributed by atoms with Gasteiger partial charge in [-0.2, -0.15) is 0 Å². The highest BCUT2D eigenvalue weighted by Crippen LogP contribution is 2.30. The molecule has 3 heteroatoms. The molecule has 0 atom stereocenters. The average molecular weight is 228 g/mol. The minimum Gasteiger partial charge on any atom is -0.521 e. The smallest absolute Gasteiger partial charge is 0.319 e. The molecule has 0 saturated heterocycles. The monoisotopic (exact) mass is 228 g/mol. The fourth-order valence-electron chi connectivity index (χ4n) is 1.31. The fourth-order valence-corrected chi connectivity index (χ4v) is 2.47. The van der Waals surface area contributed by atoms with Crippen molar-refractivity contribution in [2.75, 3.05) is 0 Å². The third-order valence-electron chi connectivity index (χ3n) is 2.40. The van der Waals surface area contributed by atoms with E-state index in [-0.39, 0.29) is 11.0 Å². The van der Waals surface area contributed by atoms with Crippen LogP contribution >= 0.6 is 0 Å². The minimum absolute atomic E-state index is 0.217. The summed E-state index contributed by atoms with van der Waals surface area (Å²) in [4.78, 5) is 11.2. The van der Waals surface area contributed by atoms with Crippen molar-refractivity contribution in [1.82, 2.24) is 0 Å². The molecule has 0 N–H and O–H groups in total. The second-order valence-corrected chi connectivity index (χ2v) is 7.47. The van der Waals surface area contributed by atoms with Gasteiger partial charge < -0.3 is 4.43 Å². The van der Waals surface area contributed by atoms with Crippen LogP contribution in [0.4, 0.5) is 0 Å². The lowest BCUT2D eigenvalue weighted by Crippen LogP contribution is -2.20. The molecule has 0 aliphatic heterocycles. The SMILES string of the molecule is C=C(C)C(=O)O[SiH2]C(C)(C)CCCCC. The lowest BCUT2D eigenvalue weighted by molar-refractivity contribution is -0.130. The summed E-state index contributed by atoms with van der Waals surface area (Å²) in [6, 6.07) is 0. The van der Waals surface area contributed by atoms with Crippen LogP contribution in [0.3, 0.4) is 0 Å². The molecule has 0 aliphatic rings.